The molecule has 0 aromatic heterocycles. The molecule has 1 aliphatic heterocycles. The molecule has 1 saturated carbocycles. The minimum atomic E-state index is 0. The summed E-state index contributed by atoms with van der Waals surface area (Å²) in [4.78, 5) is 16.2. The number of benzene rings is 1. The van der Waals surface area contributed by atoms with Crippen molar-refractivity contribution in [3.05, 3.63) is 29.8 Å². The van der Waals surface area contributed by atoms with Crippen LogP contribution in [0.25, 0.3) is 0 Å². The monoisotopic (exact) mass is 500 g/mol. The molecule has 1 heterocycles. The van der Waals surface area contributed by atoms with Gasteiger partial charge in [-0.05, 0) is 24.5 Å². The zero-order valence-electron chi connectivity index (χ0n) is 16.7. The Hall–Kier alpha value is -1.35. The molecule has 7 heteroatoms. The molecule has 156 valence electrons. The van der Waals surface area contributed by atoms with Gasteiger partial charge in [0.1, 0.15) is 0 Å². The summed E-state index contributed by atoms with van der Waals surface area (Å²) in [5.74, 6) is 0.971. The van der Waals surface area contributed by atoms with Crippen LogP contribution in [-0.2, 0) is 9.53 Å². The average molecular weight is 500 g/mol. The van der Waals surface area contributed by atoms with Gasteiger partial charge in [-0.15, -0.1) is 24.0 Å². The van der Waals surface area contributed by atoms with E-state index < -0.39 is 0 Å². The van der Waals surface area contributed by atoms with Crippen LogP contribution in [0.5, 0.6) is 0 Å². The first-order valence-corrected chi connectivity index (χ1v) is 10.2. The summed E-state index contributed by atoms with van der Waals surface area (Å²) < 4.78 is 6.01. The molecular weight excluding hydrogens is 467 g/mol. The Kier molecular flexibility index (Phi) is 10.0. The summed E-state index contributed by atoms with van der Waals surface area (Å²) in [6.07, 6.45) is 8.56. The molecule has 1 aliphatic carbocycles. The summed E-state index contributed by atoms with van der Waals surface area (Å²) >= 11 is 0. The van der Waals surface area contributed by atoms with Gasteiger partial charge in [-0.1, -0.05) is 43.9 Å². The number of anilines is 1. The van der Waals surface area contributed by atoms with Gasteiger partial charge in [0.05, 0.1) is 12.7 Å². The van der Waals surface area contributed by atoms with Crippen molar-refractivity contribution in [3.8, 4) is 0 Å². The van der Waals surface area contributed by atoms with Gasteiger partial charge in [0.15, 0.2) is 5.96 Å². The Balaban J connectivity index is 0.00000280. The number of fused-ring (bicyclic) bond motifs is 1. The Morgan fingerprint density at radius 2 is 1.93 bits per heavy atom. The van der Waals surface area contributed by atoms with Crippen LogP contribution in [-0.4, -0.2) is 44.7 Å². The number of nitrogens with zero attached hydrogens (tertiary/aromatic N) is 1. The molecule has 3 rings (SSSR count). The molecule has 3 N–H and O–H groups in total. The Morgan fingerprint density at radius 3 is 2.68 bits per heavy atom. The lowest BCUT2D eigenvalue weighted by molar-refractivity contribution is -0.116. The fourth-order valence-corrected chi connectivity index (χ4v) is 3.93. The molecule has 1 amide bonds. The van der Waals surface area contributed by atoms with Crippen molar-refractivity contribution >= 4 is 41.5 Å². The van der Waals surface area contributed by atoms with E-state index >= 15 is 0 Å². The molecule has 28 heavy (non-hydrogen) atoms. The number of aliphatic imine (C=N–C) groups is 1. The van der Waals surface area contributed by atoms with Crippen LogP contribution in [0.2, 0.25) is 0 Å². The van der Waals surface area contributed by atoms with Crippen LogP contribution in [0.3, 0.4) is 0 Å². The number of para-hydroxylation sites is 1. The number of halogens is 1. The molecule has 1 aromatic carbocycles. The smallest absolute Gasteiger partial charge is 0.225 e. The largest absolute Gasteiger partial charge is 0.376 e. The lowest BCUT2D eigenvalue weighted by Crippen LogP contribution is -2.42. The van der Waals surface area contributed by atoms with Crippen molar-refractivity contribution in [1.29, 1.82) is 0 Å². The second-order valence-corrected chi connectivity index (χ2v) is 7.40. The minimum Gasteiger partial charge on any atom is -0.376 e. The molecule has 0 saturated heterocycles. The van der Waals surface area contributed by atoms with Crippen LogP contribution in [0.1, 0.15) is 56.4 Å². The van der Waals surface area contributed by atoms with Gasteiger partial charge >= 0.3 is 0 Å². The van der Waals surface area contributed by atoms with Crippen molar-refractivity contribution < 1.29 is 9.53 Å². The van der Waals surface area contributed by atoms with Crippen LogP contribution in [0.4, 0.5) is 5.69 Å². The molecule has 0 spiro atoms. The highest BCUT2D eigenvalue weighted by molar-refractivity contribution is 14.0. The normalized spacial score (nSPS) is 20.4. The van der Waals surface area contributed by atoms with E-state index in [-0.39, 0.29) is 35.8 Å². The number of carbonyl (C=O) groups is 1. The van der Waals surface area contributed by atoms with Crippen LogP contribution < -0.4 is 16.0 Å². The van der Waals surface area contributed by atoms with Gasteiger partial charge in [-0.25, -0.2) is 0 Å². The molecule has 0 radical (unpaired) electrons. The molecule has 1 fully saturated rings. The molecule has 1 aromatic rings. The maximum absolute atomic E-state index is 11.9. The second kappa shape index (κ2) is 12.3. The minimum absolute atomic E-state index is 0. The number of hydrogen-bond donors (Lipinski definition) is 3. The third kappa shape index (κ3) is 6.92. The highest BCUT2D eigenvalue weighted by atomic mass is 127. The van der Waals surface area contributed by atoms with Gasteiger partial charge in [0.2, 0.25) is 5.91 Å². The Labute approximate surface area is 185 Å². The number of amides is 1. The number of ether oxygens (including phenoxy) is 1. The molecular formula is C21H33IN4O2. The van der Waals surface area contributed by atoms with E-state index in [1.165, 1.54) is 44.1 Å². The predicted molar refractivity (Wildman–Crippen MR) is 125 cm³/mol. The number of carbonyl (C=O) groups excluding carboxylic acids is 1. The average Bonchev–Trinajstić information content (AvgIpc) is 2.96. The van der Waals surface area contributed by atoms with Gasteiger partial charge in [-0.3, -0.25) is 9.79 Å². The highest BCUT2D eigenvalue weighted by Crippen LogP contribution is 2.31. The number of hydrogen-bond acceptors (Lipinski definition) is 3. The highest BCUT2D eigenvalue weighted by Gasteiger charge is 2.24. The zero-order valence-corrected chi connectivity index (χ0v) is 19.0. The van der Waals surface area contributed by atoms with Crippen LogP contribution in [0, 0.1) is 0 Å². The van der Waals surface area contributed by atoms with Crippen molar-refractivity contribution in [3.63, 3.8) is 0 Å². The van der Waals surface area contributed by atoms with E-state index in [0.29, 0.717) is 25.7 Å². The first-order chi connectivity index (χ1) is 13.3. The van der Waals surface area contributed by atoms with Crippen molar-refractivity contribution in [2.45, 2.75) is 57.0 Å². The third-order valence-corrected chi connectivity index (χ3v) is 5.40. The van der Waals surface area contributed by atoms with Crippen LogP contribution >= 0.6 is 24.0 Å². The predicted octanol–water partition coefficient (Wildman–Crippen LogP) is 3.63. The molecule has 6 nitrogen and oxygen atoms in total. The summed E-state index contributed by atoms with van der Waals surface area (Å²) in [6, 6.07) is 8.00. The molecule has 1 atom stereocenters. The fraction of sp³-hybridized carbons (Fsp3) is 0.619. The van der Waals surface area contributed by atoms with Crippen molar-refractivity contribution in [2.24, 2.45) is 4.99 Å². The maximum Gasteiger partial charge on any atom is 0.225 e. The Bertz CT molecular complexity index is 645. The topological polar surface area (TPSA) is 74.8 Å². The van der Waals surface area contributed by atoms with Gasteiger partial charge in [-0.2, -0.15) is 0 Å². The first kappa shape index (κ1) is 22.9. The first-order valence-electron chi connectivity index (χ1n) is 10.2. The summed E-state index contributed by atoms with van der Waals surface area (Å²) in [5.41, 5.74) is 2.09. The van der Waals surface area contributed by atoms with Gasteiger partial charge < -0.3 is 20.7 Å². The zero-order chi connectivity index (χ0) is 18.9. The van der Waals surface area contributed by atoms with E-state index in [4.69, 9.17) is 4.74 Å². The standard InChI is InChI=1S/C21H32N4O2.HI/c1-22-21(23-12-13-27-17-8-4-2-3-5-9-17)24-15-16-14-20(26)25-19-11-7-6-10-18(16)19;/h6-7,10-11,16-17H,2-5,8-9,12-15H2,1H3,(H,25,26)(H2,22,23,24);1H. The summed E-state index contributed by atoms with van der Waals surface area (Å²) in [5, 5.41) is 9.60. The molecule has 2 aliphatic rings. The number of rotatable bonds is 6. The van der Waals surface area contributed by atoms with Gasteiger partial charge in [0, 0.05) is 38.2 Å². The molecule has 0 bridgehead atoms. The molecule has 1 unspecified atom stereocenters. The van der Waals surface area contributed by atoms with E-state index in [9.17, 15) is 4.79 Å². The van der Waals surface area contributed by atoms with E-state index in [1.54, 1.807) is 7.05 Å². The van der Waals surface area contributed by atoms with Crippen molar-refractivity contribution in [2.75, 3.05) is 32.1 Å². The second-order valence-electron chi connectivity index (χ2n) is 7.40. The summed E-state index contributed by atoms with van der Waals surface area (Å²) in [7, 11) is 1.77. The fourth-order valence-electron chi connectivity index (χ4n) is 3.93. The lowest BCUT2D eigenvalue weighted by atomic mass is 9.90. The quantitative estimate of drug-likeness (QED) is 0.183. The maximum atomic E-state index is 11.9. The van der Waals surface area contributed by atoms with Crippen LogP contribution in [0.15, 0.2) is 29.3 Å². The number of guanidine groups is 1. The Morgan fingerprint density at radius 1 is 1.18 bits per heavy atom. The SMILES string of the molecule is CN=C(NCCOC1CCCCCC1)NCC1CC(=O)Nc2ccccc21.I. The summed E-state index contributed by atoms with van der Waals surface area (Å²) in [6.45, 7) is 2.10. The van der Waals surface area contributed by atoms with E-state index in [1.807, 2.05) is 18.2 Å². The van der Waals surface area contributed by atoms with Gasteiger partial charge in [0.25, 0.3) is 0 Å². The van der Waals surface area contributed by atoms with E-state index in [2.05, 4.69) is 27.0 Å². The number of nitrogens with one attached hydrogen (secondary N) is 3. The van der Waals surface area contributed by atoms with Crippen molar-refractivity contribution in [1.82, 2.24) is 10.6 Å². The lowest BCUT2D eigenvalue weighted by Gasteiger charge is -2.26. The van der Waals surface area contributed by atoms with E-state index in [0.717, 1.165) is 18.2 Å². The third-order valence-electron chi connectivity index (χ3n) is 5.40.